The lowest BCUT2D eigenvalue weighted by atomic mass is 10.1. The van der Waals surface area contributed by atoms with Crippen molar-refractivity contribution in [1.82, 2.24) is 10.3 Å². The van der Waals surface area contributed by atoms with Crippen molar-refractivity contribution in [3.05, 3.63) is 53.9 Å². The summed E-state index contributed by atoms with van der Waals surface area (Å²) in [5.41, 5.74) is 8.68. The van der Waals surface area contributed by atoms with Crippen LogP contribution in [0.5, 0.6) is 0 Å². The number of hydrogen-bond acceptors (Lipinski definition) is 4. The molecule has 1 heterocycles. The van der Waals surface area contributed by atoms with Gasteiger partial charge in [-0.25, -0.2) is 0 Å². The summed E-state index contributed by atoms with van der Waals surface area (Å²) in [6, 6.07) is 9.12. The molecule has 5 nitrogen and oxygen atoms in total. The Labute approximate surface area is 118 Å². The molecule has 4 N–H and O–H groups in total. The molecule has 0 aliphatic heterocycles. The molecule has 5 heteroatoms. The van der Waals surface area contributed by atoms with E-state index in [1.165, 1.54) is 0 Å². The zero-order chi connectivity index (χ0) is 14.4. The maximum atomic E-state index is 12.0. The molecule has 1 aromatic carbocycles. The number of anilines is 2. The number of nitrogens with zero attached hydrogens (tertiary/aromatic N) is 1. The average Bonchev–Trinajstić information content (AvgIpc) is 2.47. The van der Waals surface area contributed by atoms with E-state index in [0.717, 1.165) is 11.3 Å². The Bertz CT molecular complexity index is 584. The molecule has 2 aromatic rings. The number of amides is 1. The second kappa shape index (κ2) is 6.56. The minimum atomic E-state index is -0.131. The van der Waals surface area contributed by atoms with Crippen LogP contribution < -0.4 is 16.4 Å². The van der Waals surface area contributed by atoms with Crippen molar-refractivity contribution in [1.29, 1.82) is 0 Å². The van der Waals surface area contributed by atoms with Gasteiger partial charge in [-0.3, -0.25) is 9.78 Å². The van der Waals surface area contributed by atoms with Crippen LogP contribution in [0.3, 0.4) is 0 Å². The van der Waals surface area contributed by atoms with Crippen molar-refractivity contribution < 1.29 is 4.79 Å². The van der Waals surface area contributed by atoms with Gasteiger partial charge >= 0.3 is 0 Å². The quantitative estimate of drug-likeness (QED) is 0.726. The smallest absolute Gasteiger partial charge is 0.253 e. The molecule has 0 spiro atoms. The maximum absolute atomic E-state index is 12.0. The molecule has 0 saturated carbocycles. The molecule has 0 unspecified atom stereocenters. The number of carbonyl (C=O) groups excluding carboxylic acids is 1. The van der Waals surface area contributed by atoms with Gasteiger partial charge in [0.1, 0.15) is 0 Å². The summed E-state index contributed by atoms with van der Waals surface area (Å²) in [4.78, 5) is 16.1. The highest BCUT2D eigenvalue weighted by Crippen LogP contribution is 2.19. The van der Waals surface area contributed by atoms with Crippen molar-refractivity contribution in [2.45, 2.75) is 13.5 Å². The van der Waals surface area contributed by atoms with E-state index in [4.69, 9.17) is 5.73 Å². The summed E-state index contributed by atoms with van der Waals surface area (Å²) in [5.74, 6) is -0.131. The summed E-state index contributed by atoms with van der Waals surface area (Å²) >= 11 is 0. The van der Waals surface area contributed by atoms with Crippen molar-refractivity contribution in [2.75, 3.05) is 17.6 Å². The van der Waals surface area contributed by atoms with Gasteiger partial charge in [0.2, 0.25) is 0 Å². The minimum absolute atomic E-state index is 0.131. The van der Waals surface area contributed by atoms with Gasteiger partial charge in [0.05, 0.1) is 5.56 Å². The molecule has 0 radical (unpaired) electrons. The molecule has 0 fully saturated rings. The summed E-state index contributed by atoms with van der Waals surface area (Å²) < 4.78 is 0. The van der Waals surface area contributed by atoms with Crippen LogP contribution >= 0.6 is 0 Å². The Kier molecular flexibility index (Phi) is 4.55. The zero-order valence-corrected chi connectivity index (χ0v) is 11.4. The number of hydrogen-bond donors (Lipinski definition) is 3. The van der Waals surface area contributed by atoms with Crippen LogP contribution in [0.25, 0.3) is 0 Å². The number of nitrogens with one attached hydrogen (secondary N) is 2. The van der Waals surface area contributed by atoms with Crippen LogP contribution in [0, 0.1) is 0 Å². The average molecular weight is 270 g/mol. The van der Waals surface area contributed by atoms with E-state index in [-0.39, 0.29) is 5.91 Å². The molecule has 0 atom stereocenters. The van der Waals surface area contributed by atoms with Crippen molar-refractivity contribution >= 4 is 17.3 Å². The highest BCUT2D eigenvalue weighted by molar-refractivity contribution is 6.00. The summed E-state index contributed by atoms with van der Waals surface area (Å²) in [6.45, 7) is 3.06. The molecule has 20 heavy (non-hydrogen) atoms. The van der Waals surface area contributed by atoms with E-state index in [1.807, 2.05) is 25.1 Å². The molecule has 0 aliphatic rings. The predicted molar refractivity (Wildman–Crippen MR) is 80.4 cm³/mol. The Balaban J connectivity index is 2.16. The van der Waals surface area contributed by atoms with Crippen molar-refractivity contribution in [2.24, 2.45) is 0 Å². The molecule has 104 valence electrons. The predicted octanol–water partition coefficient (Wildman–Crippen LogP) is 2.03. The first-order chi connectivity index (χ1) is 9.70. The number of carbonyl (C=O) groups is 1. The van der Waals surface area contributed by atoms with E-state index < -0.39 is 0 Å². The fourth-order valence-corrected chi connectivity index (χ4v) is 1.86. The lowest BCUT2D eigenvalue weighted by Crippen LogP contribution is -2.24. The molecular formula is C15H18N4O. The van der Waals surface area contributed by atoms with Crippen molar-refractivity contribution in [3.8, 4) is 0 Å². The Morgan fingerprint density at radius 3 is 2.90 bits per heavy atom. The van der Waals surface area contributed by atoms with Crippen LogP contribution in [0.4, 0.5) is 11.4 Å². The first-order valence-electron chi connectivity index (χ1n) is 6.51. The summed E-state index contributed by atoms with van der Waals surface area (Å²) in [5, 5.41) is 6.02. The van der Waals surface area contributed by atoms with Gasteiger partial charge in [0, 0.05) is 36.9 Å². The second-order valence-corrected chi connectivity index (χ2v) is 4.38. The number of nitrogen functional groups attached to an aromatic ring is 1. The van der Waals surface area contributed by atoms with E-state index >= 15 is 0 Å². The number of aromatic nitrogens is 1. The largest absolute Gasteiger partial charge is 0.399 e. The minimum Gasteiger partial charge on any atom is -0.399 e. The van der Waals surface area contributed by atoms with Gasteiger partial charge in [0.25, 0.3) is 5.91 Å². The number of pyridine rings is 1. The lowest BCUT2D eigenvalue weighted by Gasteiger charge is -2.12. The van der Waals surface area contributed by atoms with Gasteiger partial charge in [-0.15, -0.1) is 0 Å². The monoisotopic (exact) mass is 270 g/mol. The third kappa shape index (κ3) is 3.47. The maximum Gasteiger partial charge on any atom is 0.253 e. The summed E-state index contributed by atoms with van der Waals surface area (Å²) in [7, 11) is 0. The van der Waals surface area contributed by atoms with Gasteiger partial charge < -0.3 is 16.4 Å². The fraction of sp³-hybridized carbons (Fsp3) is 0.200. The van der Waals surface area contributed by atoms with Crippen LogP contribution in [0.15, 0.2) is 42.7 Å². The molecule has 0 saturated heterocycles. The molecule has 0 aliphatic carbocycles. The second-order valence-electron chi connectivity index (χ2n) is 4.38. The van der Waals surface area contributed by atoms with Gasteiger partial charge in [0.15, 0.2) is 0 Å². The number of benzene rings is 1. The van der Waals surface area contributed by atoms with E-state index in [9.17, 15) is 4.79 Å². The molecular weight excluding hydrogens is 252 g/mol. The van der Waals surface area contributed by atoms with E-state index in [2.05, 4.69) is 15.6 Å². The highest BCUT2D eigenvalue weighted by Gasteiger charge is 2.10. The van der Waals surface area contributed by atoms with E-state index in [0.29, 0.717) is 24.3 Å². The standard InChI is InChI=1S/C15H18N4O/c1-2-18-15(20)13-8-12(16)5-6-14(13)19-10-11-4-3-7-17-9-11/h3-9,19H,2,10,16H2,1H3,(H,18,20). The van der Waals surface area contributed by atoms with Gasteiger partial charge in [-0.1, -0.05) is 6.07 Å². The summed E-state index contributed by atoms with van der Waals surface area (Å²) in [6.07, 6.45) is 3.52. The first-order valence-corrected chi connectivity index (χ1v) is 6.51. The van der Waals surface area contributed by atoms with Crippen LogP contribution in [-0.2, 0) is 6.54 Å². The molecule has 0 bridgehead atoms. The third-order valence-electron chi connectivity index (χ3n) is 2.83. The molecule has 1 aromatic heterocycles. The Morgan fingerprint density at radius 2 is 2.20 bits per heavy atom. The van der Waals surface area contributed by atoms with Gasteiger partial charge in [-0.2, -0.15) is 0 Å². The third-order valence-corrected chi connectivity index (χ3v) is 2.83. The lowest BCUT2D eigenvalue weighted by molar-refractivity contribution is 0.0956. The van der Waals surface area contributed by atoms with E-state index in [1.54, 1.807) is 24.5 Å². The van der Waals surface area contributed by atoms with Crippen LogP contribution in [-0.4, -0.2) is 17.4 Å². The number of nitrogens with two attached hydrogens (primary N) is 1. The number of rotatable bonds is 5. The zero-order valence-electron chi connectivity index (χ0n) is 11.4. The molecule has 1 amide bonds. The van der Waals surface area contributed by atoms with Crippen LogP contribution in [0.2, 0.25) is 0 Å². The Morgan fingerprint density at radius 1 is 1.35 bits per heavy atom. The molecule has 2 rings (SSSR count). The Hall–Kier alpha value is -2.56. The van der Waals surface area contributed by atoms with Crippen LogP contribution in [0.1, 0.15) is 22.8 Å². The van der Waals surface area contributed by atoms with Gasteiger partial charge in [-0.05, 0) is 36.8 Å². The topological polar surface area (TPSA) is 80.0 Å². The highest BCUT2D eigenvalue weighted by atomic mass is 16.1. The first kappa shape index (κ1) is 13.9. The van der Waals surface area contributed by atoms with Crippen molar-refractivity contribution in [3.63, 3.8) is 0 Å². The fourth-order valence-electron chi connectivity index (χ4n) is 1.86. The normalized spacial score (nSPS) is 10.1. The SMILES string of the molecule is CCNC(=O)c1cc(N)ccc1NCc1cccnc1.